The van der Waals surface area contributed by atoms with Gasteiger partial charge < -0.3 is 5.32 Å². The molecule has 2 heterocycles. The second-order valence-corrected chi connectivity index (χ2v) is 4.99. The molecule has 0 unspecified atom stereocenters. The van der Waals surface area contributed by atoms with Crippen molar-refractivity contribution in [3.63, 3.8) is 0 Å². The van der Waals surface area contributed by atoms with E-state index in [1.54, 1.807) is 16.9 Å². The first-order valence-electron chi connectivity index (χ1n) is 6.93. The zero-order valence-corrected chi connectivity index (χ0v) is 12.5. The van der Waals surface area contributed by atoms with Crippen molar-refractivity contribution in [1.82, 2.24) is 20.1 Å². The van der Waals surface area contributed by atoms with E-state index in [2.05, 4.69) is 22.3 Å². The van der Waals surface area contributed by atoms with Gasteiger partial charge in [-0.05, 0) is 45.4 Å². The van der Waals surface area contributed by atoms with E-state index < -0.39 is 0 Å². The molecule has 0 atom stereocenters. The molecule has 0 aliphatic rings. The second-order valence-electron chi connectivity index (χ2n) is 4.99. The Hall–Kier alpha value is -1.75. The molecule has 0 saturated heterocycles. The van der Waals surface area contributed by atoms with Gasteiger partial charge in [-0.2, -0.15) is 5.10 Å². The van der Waals surface area contributed by atoms with Gasteiger partial charge in [0.05, 0.1) is 5.69 Å². The van der Waals surface area contributed by atoms with Crippen LogP contribution >= 0.6 is 0 Å². The maximum atomic E-state index is 14.5. The van der Waals surface area contributed by atoms with Gasteiger partial charge in [0.2, 0.25) is 0 Å². The Kier molecular flexibility index (Phi) is 4.49. The van der Waals surface area contributed by atoms with Crippen LogP contribution in [0, 0.1) is 26.6 Å². The summed E-state index contributed by atoms with van der Waals surface area (Å²) in [5.74, 6) is -0.0313. The van der Waals surface area contributed by atoms with E-state index in [9.17, 15) is 4.39 Å². The molecule has 0 spiro atoms. The molecule has 108 valence electrons. The number of nitrogens with one attached hydrogen (secondary N) is 1. The number of pyridine rings is 1. The van der Waals surface area contributed by atoms with Gasteiger partial charge in [0.1, 0.15) is 0 Å². The van der Waals surface area contributed by atoms with Crippen molar-refractivity contribution < 1.29 is 4.39 Å². The minimum Gasteiger partial charge on any atom is -0.313 e. The minimum absolute atomic E-state index is 0.273. The lowest BCUT2D eigenvalue weighted by atomic mass is 10.2. The number of rotatable bonds is 5. The van der Waals surface area contributed by atoms with Gasteiger partial charge in [0.15, 0.2) is 11.6 Å². The Balaban J connectivity index is 2.37. The summed E-state index contributed by atoms with van der Waals surface area (Å²) in [4.78, 5) is 4.15. The highest BCUT2D eigenvalue weighted by atomic mass is 19.1. The molecule has 2 aromatic heterocycles. The molecule has 2 aromatic rings. The van der Waals surface area contributed by atoms with Crippen LogP contribution in [0.25, 0.3) is 5.82 Å². The highest BCUT2D eigenvalue weighted by molar-refractivity contribution is 5.35. The molecule has 2 rings (SSSR count). The molecule has 5 heteroatoms. The number of aryl methyl sites for hydroxylation is 1. The summed E-state index contributed by atoms with van der Waals surface area (Å²) < 4.78 is 16.1. The average Bonchev–Trinajstić information content (AvgIpc) is 2.69. The van der Waals surface area contributed by atoms with E-state index in [1.165, 1.54) is 0 Å². The maximum absolute atomic E-state index is 14.5. The third-order valence-corrected chi connectivity index (χ3v) is 3.55. The zero-order valence-electron chi connectivity index (χ0n) is 12.5. The van der Waals surface area contributed by atoms with Gasteiger partial charge in [-0.3, -0.25) is 0 Å². The first-order valence-corrected chi connectivity index (χ1v) is 6.93. The largest absolute Gasteiger partial charge is 0.313 e. The van der Waals surface area contributed by atoms with Gasteiger partial charge >= 0.3 is 0 Å². The zero-order chi connectivity index (χ0) is 14.7. The Bertz CT molecular complexity index is 604. The predicted octanol–water partition coefficient (Wildman–Crippen LogP) is 2.83. The summed E-state index contributed by atoms with van der Waals surface area (Å²) in [6.45, 7) is 9.30. The third kappa shape index (κ3) is 2.72. The van der Waals surface area contributed by atoms with Gasteiger partial charge in [-0.25, -0.2) is 14.1 Å². The summed E-state index contributed by atoms with van der Waals surface area (Å²) in [5, 5.41) is 7.58. The molecule has 0 amide bonds. The van der Waals surface area contributed by atoms with E-state index in [-0.39, 0.29) is 11.6 Å². The number of hydrogen-bond acceptors (Lipinski definition) is 3. The molecular weight excluding hydrogens is 255 g/mol. The van der Waals surface area contributed by atoms with Crippen LogP contribution in [0.3, 0.4) is 0 Å². The lowest BCUT2D eigenvalue weighted by Gasteiger charge is -2.09. The molecule has 20 heavy (non-hydrogen) atoms. The molecule has 4 nitrogen and oxygen atoms in total. The lowest BCUT2D eigenvalue weighted by Crippen LogP contribution is -2.16. The smallest absolute Gasteiger partial charge is 0.190 e. The molecule has 0 saturated carbocycles. The molecule has 0 aromatic carbocycles. The van der Waals surface area contributed by atoms with Gasteiger partial charge in [0.25, 0.3) is 0 Å². The number of aromatic nitrogens is 3. The van der Waals surface area contributed by atoms with Crippen molar-refractivity contribution in [2.45, 2.75) is 40.7 Å². The van der Waals surface area contributed by atoms with E-state index in [1.807, 2.05) is 20.8 Å². The highest BCUT2D eigenvalue weighted by Gasteiger charge is 2.16. The molecule has 0 bridgehead atoms. The topological polar surface area (TPSA) is 42.7 Å². The molecule has 1 N–H and O–H groups in total. The summed E-state index contributed by atoms with van der Waals surface area (Å²) in [7, 11) is 0. The SMILES string of the molecule is CCCNCc1ccnc(-n2nc(C)c(C)c2C)c1F. The fourth-order valence-electron chi connectivity index (χ4n) is 2.08. The van der Waals surface area contributed by atoms with Crippen LogP contribution in [0.5, 0.6) is 0 Å². The second kappa shape index (κ2) is 6.13. The van der Waals surface area contributed by atoms with Crippen LogP contribution in [0.4, 0.5) is 4.39 Å². The Labute approximate surface area is 119 Å². The van der Waals surface area contributed by atoms with Crippen molar-refractivity contribution in [2.24, 2.45) is 0 Å². The van der Waals surface area contributed by atoms with Crippen LogP contribution in [0.2, 0.25) is 0 Å². The standard InChI is InChI=1S/C15H21FN4/c1-5-7-17-9-13-6-8-18-15(14(13)16)20-12(4)10(2)11(3)19-20/h6,8,17H,5,7,9H2,1-4H3. The molecule has 0 radical (unpaired) electrons. The first-order chi connectivity index (χ1) is 9.56. The predicted molar refractivity (Wildman–Crippen MR) is 77.5 cm³/mol. The van der Waals surface area contributed by atoms with Crippen LogP contribution < -0.4 is 5.32 Å². The summed E-state index contributed by atoms with van der Waals surface area (Å²) in [6.07, 6.45) is 2.66. The molecule has 0 aliphatic heterocycles. The van der Waals surface area contributed by atoms with Gasteiger partial charge in [0, 0.05) is 24.0 Å². The van der Waals surface area contributed by atoms with Crippen LogP contribution in [-0.4, -0.2) is 21.3 Å². The van der Waals surface area contributed by atoms with Crippen molar-refractivity contribution in [2.75, 3.05) is 6.54 Å². The van der Waals surface area contributed by atoms with E-state index in [0.717, 1.165) is 29.9 Å². The fourth-order valence-corrected chi connectivity index (χ4v) is 2.08. The van der Waals surface area contributed by atoms with Crippen molar-refractivity contribution in [3.05, 3.63) is 40.6 Å². The summed E-state index contributed by atoms with van der Waals surface area (Å²) >= 11 is 0. The summed E-state index contributed by atoms with van der Waals surface area (Å²) in [5.41, 5.74) is 3.51. The van der Waals surface area contributed by atoms with Gasteiger partial charge in [-0.1, -0.05) is 6.92 Å². The van der Waals surface area contributed by atoms with Crippen LogP contribution in [0.15, 0.2) is 12.3 Å². The van der Waals surface area contributed by atoms with Crippen LogP contribution in [0.1, 0.15) is 35.9 Å². The maximum Gasteiger partial charge on any atom is 0.190 e. The van der Waals surface area contributed by atoms with Crippen molar-refractivity contribution >= 4 is 0 Å². The normalized spacial score (nSPS) is 11.1. The van der Waals surface area contributed by atoms with E-state index in [4.69, 9.17) is 0 Å². The highest BCUT2D eigenvalue weighted by Crippen LogP contribution is 2.19. The van der Waals surface area contributed by atoms with Crippen LogP contribution in [-0.2, 0) is 6.54 Å². The van der Waals surface area contributed by atoms with Gasteiger partial charge in [-0.15, -0.1) is 0 Å². The first kappa shape index (κ1) is 14.7. The number of hydrogen-bond donors (Lipinski definition) is 1. The molecule has 0 fully saturated rings. The van der Waals surface area contributed by atoms with E-state index >= 15 is 0 Å². The quantitative estimate of drug-likeness (QED) is 0.854. The van der Waals surface area contributed by atoms with E-state index in [0.29, 0.717) is 12.1 Å². The number of halogens is 1. The Morgan fingerprint density at radius 1 is 1.30 bits per heavy atom. The Morgan fingerprint density at radius 3 is 2.65 bits per heavy atom. The molecular formula is C15H21FN4. The number of nitrogens with zero attached hydrogens (tertiary/aromatic N) is 3. The monoisotopic (exact) mass is 276 g/mol. The van der Waals surface area contributed by atoms with Crippen molar-refractivity contribution in [3.8, 4) is 5.82 Å². The minimum atomic E-state index is -0.304. The Morgan fingerprint density at radius 2 is 2.05 bits per heavy atom. The van der Waals surface area contributed by atoms with Crippen molar-refractivity contribution in [1.29, 1.82) is 0 Å². The fraction of sp³-hybridized carbons (Fsp3) is 0.467. The summed E-state index contributed by atoms with van der Waals surface area (Å²) in [6, 6.07) is 1.71. The lowest BCUT2D eigenvalue weighted by molar-refractivity contribution is 0.564. The third-order valence-electron chi connectivity index (χ3n) is 3.55. The molecule has 0 aliphatic carbocycles. The average molecular weight is 276 g/mol.